The predicted molar refractivity (Wildman–Crippen MR) is 93.6 cm³/mol. The number of amides is 1. The Morgan fingerprint density at radius 2 is 2.12 bits per heavy atom. The lowest BCUT2D eigenvalue weighted by Crippen LogP contribution is -2.33. The molecule has 2 N–H and O–H groups in total. The molecule has 1 saturated heterocycles. The van der Waals surface area contributed by atoms with Crippen LogP contribution in [0.25, 0.3) is 0 Å². The average molecular weight is 341 g/mol. The van der Waals surface area contributed by atoms with Gasteiger partial charge in [0, 0.05) is 13.0 Å². The summed E-state index contributed by atoms with van der Waals surface area (Å²) in [6.07, 6.45) is 2.75. The number of carbonyl (C=O) groups excluding carboxylic acids is 1. The molecule has 2 aliphatic heterocycles. The van der Waals surface area contributed by atoms with Gasteiger partial charge in [-0.15, -0.1) is 0 Å². The van der Waals surface area contributed by atoms with E-state index in [0.717, 1.165) is 43.1 Å². The van der Waals surface area contributed by atoms with Crippen molar-refractivity contribution in [3.05, 3.63) is 35.7 Å². The fourth-order valence-electron chi connectivity index (χ4n) is 3.47. The Morgan fingerprint density at radius 1 is 1.32 bits per heavy atom. The smallest absolute Gasteiger partial charge is 0.233 e. The molecule has 0 radical (unpaired) electrons. The molecule has 0 aliphatic carbocycles. The number of nitrogens with zero attached hydrogens (tertiary/aromatic N) is 3. The van der Waals surface area contributed by atoms with E-state index in [1.807, 2.05) is 31.3 Å². The number of carbonyl (C=O) groups is 1. The molecule has 1 fully saturated rings. The van der Waals surface area contributed by atoms with Gasteiger partial charge in [0.25, 0.3) is 0 Å². The number of anilines is 1. The lowest BCUT2D eigenvalue weighted by Gasteiger charge is -2.24. The quantitative estimate of drug-likeness (QED) is 0.884. The van der Waals surface area contributed by atoms with Crippen molar-refractivity contribution in [2.45, 2.75) is 25.2 Å². The van der Waals surface area contributed by atoms with Crippen molar-refractivity contribution in [2.75, 3.05) is 25.0 Å². The fourth-order valence-corrected chi connectivity index (χ4v) is 3.47. The molecule has 0 bridgehead atoms. The van der Waals surface area contributed by atoms with Gasteiger partial charge in [-0.3, -0.25) is 10.1 Å². The zero-order valence-corrected chi connectivity index (χ0v) is 14.4. The largest absolute Gasteiger partial charge is 0.492 e. The first-order valence-corrected chi connectivity index (χ1v) is 8.84. The van der Waals surface area contributed by atoms with Gasteiger partial charge >= 0.3 is 0 Å². The minimum Gasteiger partial charge on any atom is -0.492 e. The number of benzene rings is 1. The molecule has 2 aliphatic rings. The zero-order valence-electron chi connectivity index (χ0n) is 14.4. The number of piperidine rings is 1. The first kappa shape index (κ1) is 16.1. The molecular formula is C18H23N5O2. The highest BCUT2D eigenvalue weighted by Crippen LogP contribution is 2.28. The zero-order chi connectivity index (χ0) is 17.2. The van der Waals surface area contributed by atoms with E-state index in [1.54, 1.807) is 4.68 Å². The van der Waals surface area contributed by atoms with Crippen LogP contribution in [0, 0.1) is 5.92 Å². The number of hydrogen-bond acceptors (Lipinski definition) is 5. The second kappa shape index (κ2) is 6.84. The van der Waals surface area contributed by atoms with E-state index in [-0.39, 0.29) is 11.8 Å². The average Bonchev–Trinajstić information content (AvgIpc) is 3.02. The molecule has 1 atom stereocenters. The van der Waals surface area contributed by atoms with E-state index >= 15 is 0 Å². The van der Waals surface area contributed by atoms with Crippen molar-refractivity contribution in [3.8, 4) is 5.75 Å². The van der Waals surface area contributed by atoms with Gasteiger partial charge in [-0.05, 0) is 44.0 Å². The SMILES string of the molecule is Cn1nc(C2CCNCC2)nc1NC(=O)C1COc2ccccc2C1. The summed E-state index contributed by atoms with van der Waals surface area (Å²) in [6.45, 7) is 2.37. The van der Waals surface area contributed by atoms with Crippen molar-refractivity contribution in [2.24, 2.45) is 13.0 Å². The first-order valence-electron chi connectivity index (χ1n) is 8.84. The van der Waals surface area contributed by atoms with Gasteiger partial charge in [-0.25, -0.2) is 4.68 Å². The van der Waals surface area contributed by atoms with Crippen molar-refractivity contribution in [3.63, 3.8) is 0 Å². The van der Waals surface area contributed by atoms with Crippen molar-refractivity contribution >= 4 is 11.9 Å². The topological polar surface area (TPSA) is 81.1 Å². The summed E-state index contributed by atoms with van der Waals surface area (Å²) in [5, 5.41) is 10.8. The molecular weight excluding hydrogens is 318 g/mol. The van der Waals surface area contributed by atoms with Gasteiger partial charge in [-0.2, -0.15) is 10.1 Å². The summed E-state index contributed by atoms with van der Waals surface area (Å²) in [4.78, 5) is 17.2. The van der Waals surface area contributed by atoms with Crippen LogP contribution in [-0.2, 0) is 18.3 Å². The maximum Gasteiger partial charge on any atom is 0.233 e. The van der Waals surface area contributed by atoms with Gasteiger partial charge in [0.05, 0.1) is 5.92 Å². The molecule has 25 heavy (non-hydrogen) atoms. The first-order chi connectivity index (χ1) is 12.2. The normalized spacial score (nSPS) is 20.6. The maximum atomic E-state index is 12.6. The number of fused-ring (bicyclic) bond motifs is 1. The summed E-state index contributed by atoms with van der Waals surface area (Å²) < 4.78 is 7.37. The van der Waals surface area contributed by atoms with Crippen LogP contribution >= 0.6 is 0 Å². The highest BCUT2D eigenvalue weighted by Gasteiger charge is 2.27. The molecule has 7 heteroatoms. The van der Waals surface area contributed by atoms with Crippen LogP contribution in [0.2, 0.25) is 0 Å². The highest BCUT2D eigenvalue weighted by atomic mass is 16.5. The maximum absolute atomic E-state index is 12.6. The molecule has 1 amide bonds. The highest BCUT2D eigenvalue weighted by molar-refractivity contribution is 5.91. The number of ether oxygens (including phenoxy) is 1. The van der Waals surface area contributed by atoms with Gasteiger partial charge in [-0.1, -0.05) is 18.2 Å². The Morgan fingerprint density at radius 3 is 2.96 bits per heavy atom. The molecule has 2 aromatic rings. The second-order valence-electron chi connectivity index (χ2n) is 6.75. The number of nitrogens with one attached hydrogen (secondary N) is 2. The molecule has 1 aromatic carbocycles. The van der Waals surface area contributed by atoms with Crippen molar-refractivity contribution in [1.29, 1.82) is 0 Å². The van der Waals surface area contributed by atoms with Gasteiger partial charge < -0.3 is 10.1 Å². The third-order valence-electron chi connectivity index (χ3n) is 4.97. The van der Waals surface area contributed by atoms with E-state index in [9.17, 15) is 4.79 Å². The minimum atomic E-state index is -0.214. The molecule has 1 unspecified atom stereocenters. The van der Waals surface area contributed by atoms with Gasteiger partial charge in [0.15, 0.2) is 5.82 Å². The van der Waals surface area contributed by atoms with Crippen LogP contribution < -0.4 is 15.4 Å². The number of rotatable bonds is 3. The summed E-state index contributed by atoms with van der Waals surface area (Å²) in [5.74, 6) is 2.29. The molecule has 0 spiro atoms. The monoisotopic (exact) mass is 341 g/mol. The molecule has 0 saturated carbocycles. The summed E-state index contributed by atoms with van der Waals surface area (Å²) in [5.41, 5.74) is 1.07. The molecule has 1 aromatic heterocycles. The number of aromatic nitrogens is 3. The lowest BCUT2D eigenvalue weighted by molar-refractivity contribution is -0.121. The Labute approximate surface area is 146 Å². The Hall–Kier alpha value is -2.41. The van der Waals surface area contributed by atoms with E-state index < -0.39 is 0 Å². The van der Waals surface area contributed by atoms with Crippen LogP contribution in [0.3, 0.4) is 0 Å². The Kier molecular flexibility index (Phi) is 4.40. The van der Waals surface area contributed by atoms with E-state index in [1.165, 1.54) is 0 Å². The van der Waals surface area contributed by atoms with Crippen LogP contribution in [0.1, 0.15) is 30.1 Å². The molecule has 7 nitrogen and oxygen atoms in total. The number of hydrogen-bond donors (Lipinski definition) is 2. The fraction of sp³-hybridized carbons (Fsp3) is 0.500. The number of para-hydroxylation sites is 1. The standard InChI is InChI=1S/C18H23N5O2/c1-23-18(20-16(22-23)12-6-8-19-9-7-12)21-17(24)14-10-13-4-2-3-5-15(13)25-11-14/h2-5,12,14,19H,6-11H2,1H3,(H,20,21,22,24). The summed E-state index contributed by atoms with van der Waals surface area (Å²) >= 11 is 0. The third-order valence-corrected chi connectivity index (χ3v) is 4.97. The Balaban J connectivity index is 1.44. The minimum absolute atomic E-state index is 0.0677. The molecule has 3 heterocycles. The van der Waals surface area contributed by atoms with Gasteiger partial charge in [0.2, 0.25) is 11.9 Å². The van der Waals surface area contributed by atoms with E-state index in [2.05, 4.69) is 20.7 Å². The van der Waals surface area contributed by atoms with Crippen molar-refractivity contribution < 1.29 is 9.53 Å². The summed E-state index contributed by atoms with van der Waals surface area (Å²) in [6, 6.07) is 7.86. The Bertz CT molecular complexity index is 767. The van der Waals surface area contributed by atoms with Crippen LogP contribution in [0.5, 0.6) is 5.75 Å². The summed E-state index contributed by atoms with van der Waals surface area (Å²) in [7, 11) is 1.82. The van der Waals surface area contributed by atoms with E-state index in [0.29, 0.717) is 24.9 Å². The predicted octanol–water partition coefficient (Wildman–Crippen LogP) is 1.47. The van der Waals surface area contributed by atoms with Gasteiger partial charge in [0.1, 0.15) is 12.4 Å². The van der Waals surface area contributed by atoms with Crippen molar-refractivity contribution in [1.82, 2.24) is 20.1 Å². The van der Waals surface area contributed by atoms with E-state index in [4.69, 9.17) is 4.74 Å². The van der Waals surface area contributed by atoms with Crippen LogP contribution in [0.15, 0.2) is 24.3 Å². The number of aryl methyl sites for hydroxylation is 1. The lowest BCUT2D eigenvalue weighted by atomic mass is 9.96. The van der Waals surface area contributed by atoms with Crippen LogP contribution in [0.4, 0.5) is 5.95 Å². The van der Waals surface area contributed by atoms with Crippen LogP contribution in [-0.4, -0.2) is 40.4 Å². The molecule has 132 valence electrons. The second-order valence-corrected chi connectivity index (χ2v) is 6.75. The third kappa shape index (κ3) is 3.37. The molecule has 4 rings (SSSR count).